The summed E-state index contributed by atoms with van der Waals surface area (Å²) in [7, 11) is 3.64. The van der Waals surface area contributed by atoms with E-state index in [1.54, 1.807) is 13.3 Å². The summed E-state index contributed by atoms with van der Waals surface area (Å²) >= 11 is 0. The Bertz CT molecular complexity index is 563. The Balaban J connectivity index is 2.53. The van der Waals surface area contributed by atoms with Crippen LogP contribution in [-0.2, 0) is 13.5 Å². The molecule has 1 heterocycles. The first-order valence-electron chi connectivity index (χ1n) is 7.09. The summed E-state index contributed by atoms with van der Waals surface area (Å²) in [5.41, 5.74) is 3.70. The number of ether oxygens (including phenoxy) is 1. The molecule has 0 saturated carbocycles. The number of hydrogen-bond acceptors (Lipinski definition) is 3. The van der Waals surface area contributed by atoms with Gasteiger partial charge in [-0.15, -0.1) is 0 Å². The molecule has 0 aliphatic rings. The molecule has 1 N–H and O–H groups in total. The Morgan fingerprint density at radius 1 is 1.30 bits per heavy atom. The van der Waals surface area contributed by atoms with Crippen LogP contribution in [0.4, 0.5) is 0 Å². The van der Waals surface area contributed by atoms with Crippen molar-refractivity contribution in [3.05, 3.63) is 47.3 Å². The third-order valence-corrected chi connectivity index (χ3v) is 3.60. The molecule has 2 rings (SSSR count). The first-order chi connectivity index (χ1) is 9.72. The summed E-state index contributed by atoms with van der Waals surface area (Å²) in [4.78, 5) is 0. The second-order valence-electron chi connectivity index (χ2n) is 4.76. The summed E-state index contributed by atoms with van der Waals surface area (Å²) in [6, 6.07) is 8.63. The number of methoxy groups -OCH3 is 1. The quantitative estimate of drug-likeness (QED) is 0.879. The maximum atomic E-state index is 5.47. The van der Waals surface area contributed by atoms with Crippen molar-refractivity contribution in [3.8, 4) is 5.75 Å². The fourth-order valence-electron chi connectivity index (χ4n) is 2.61. The molecule has 0 spiro atoms. The molecule has 0 bridgehead atoms. The smallest absolute Gasteiger partial charge is 0.161 e. The van der Waals surface area contributed by atoms with Gasteiger partial charge in [0.15, 0.2) is 5.75 Å². The van der Waals surface area contributed by atoms with Gasteiger partial charge in [0, 0.05) is 7.05 Å². The molecule has 4 heteroatoms. The van der Waals surface area contributed by atoms with Crippen molar-refractivity contribution >= 4 is 0 Å². The Morgan fingerprint density at radius 2 is 2.05 bits per heavy atom. The molecule has 1 aromatic carbocycles. The largest absolute Gasteiger partial charge is 0.493 e. The monoisotopic (exact) mass is 273 g/mol. The molecular weight excluding hydrogens is 250 g/mol. The number of nitrogens with one attached hydrogen (secondary N) is 1. The zero-order chi connectivity index (χ0) is 14.5. The molecule has 1 unspecified atom stereocenters. The van der Waals surface area contributed by atoms with E-state index in [2.05, 4.69) is 48.5 Å². The van der Waals surface area contributed by atoms with Crippen LogP contribution >= 0.6 is 0 Å². The molecule has 2 aromatic rings. The van der Waals surface area contributed by atoms with Gasteiger partial charge in [0.05, 0.1) is 19.3 Å². The van der Waals surface area contributed by atoms with Gasteiger partial charge in [0.25, 0.3) is 0 Å². The molecule has 20 heavy (non-hydrogen) atoms. The fourth-order valence-corrected chi connectivity index (χ4v) is 2.61. The Kier molecular flexibility index (Phi) is 4.79. The van der Waals surface area contributed by atoms with Gasteiger partial charge in [-0.2, -0.15) is 5.10 Å². The molecule has 1 atom stereocenters. The Labute approximate surface area is 120 Å². The lowest BCUT2D eigenvalue weighted by molar-refractivity contribution is 0.401. The third-order valence-electron chi connectivity index (χ3n) is 3.60. The van der Waals surface area contributed by atoms with E-state index in [9.17, 15) is 0 Å². The van der Waals surface area contributed by atoms with Crippen molar-refractivity contribution in [3.63, 3.8) is 0 Å². The minimum absolute atomic E-state index is 0.0959. The number of aromatic nitrogens is 2. The lowest BCUT2D eigenvalue weighted by Crippen LogP contribution is -2.25. The highest BCUT2D eigenvalue weighted by Gasteiger charge is 2.23. The van der Waals surface area contributed by atoms with E-state index in [1.807, 2.05) is 11.7 Å². The van der Waals surface area contributed by atoms with Crippen molar-refractivity contribution in [1.82, 2.24) is 15.1 Å². The van der Waals surface area contributed by atoms with Crippen molar-refractivity contribution in [2.75, 3.05) is 13.7 Å². The molecule has 0 aliphatic carbocycles. The highest BCUT2D eigenvalue weighted by Crippen LogP contribution is 2.31. The highest BCUT2D eigenvalue weighted by atomic mass is 16.5. The van der Waals surface area contributed by atoms with Crippen LogP contribution in [0, 0.1) is 0 Å². The van der Waals surface area contributed by atoms with Crippen molar-refractivity contribution in [2.45, 2.75) is 26.3 Å². The van der Waals surface area contributed by atoms with Crippen LogP contribution in [0.2, 0.25) is 0 Å². The third kappa shape index (κ3) is 2.70. The number of nitrogens with zero attached hydrogens (tertiary/aromatic N) is 2. The van der Waals surface area contributed by atoms with Gasteiger partial charge in [-0.3, -0.25) is 4.68 Å². The summed E-state index contributed by atoms with van der Waals surface area (Å²) < 4.78 is 7.35. The van der Waals surface area contributed by atoms with Crippen molar-refractivity contribution in [2.24, 2.45) is 7.05 Å². The maximum absolute atomic E-state index is 5.47. The van der Waals surface area contributed by atoms with Gasteiger partial charge in [-0.05, 0) is 24.1 Å². The summed E-state index contributed by atoms with van der Waals surface area (Å²) in [6.45, 7) is 5.18. The second kappa shape index (κ2) is 6.57. The van der Waals surface area contributed by atoms with Crippen molar-refractivity contribution < 1.29 is 4.74 Å². The Hall–Kier alpha value is -1.81. The maximum Gasteiger partial charge on any atom is 0.161 e. The fraction of sp³-hybridized carbons (Fsp3) is 0.438. The molecular formula is C16H23N3O. The Morgan fingerprint density at radius 3 is 2.70 bits per heavy atom. The first kappa shape index (κ1) is 14.6. The predicted octanol–water partition coefficient (Wildman–Crippen LogP) is 2.69. The number of rotatable bonds is 6. The zero-order valence-electron chi connectivity index (χ0n) is 12.7. The molecule has 108 valence electrons. The summed E-state index contributed by atoms with van der Waals surface area (Å²) in [5, 5.41) is 7.87. The van der Waals surface area contributed by atoms with Gasteiger partial charge in [-0.1, -0.05) is 38.1 Å². The van der Waals surface area contributed by atoms with E-state index in [0.717, 1.165) is 24.4 Å². The average molecular weight is 273 g/mol. The van der Waals surface area contributed by atoms with Gasteiger partial charge in [-0.25, -0.2) is 0 Å². The van der Waals surface area contributed by atoms with Crippen LogP contribution in [0.1, 0.15) is 36.7 Å². The van der Waals surface area contributed by atoms with Gasteiger partial charge < -0.3 is 10.1 Å². The summed E-state index contributed by atoms with van der Waals surface area (Å²) in [5.74, 6) is 0.823. The van der Waals surface area contributed by atoms with E-state index in [-0.39, 0.29) is 6.04 Å². The lowest BCUT2D eigenvalue weighted by atomic mass is 9.96. The zero-order valence-corrected chi connectivity index (χ0v) is 12.7. The van der Waals surface area contributed by atoms with Crippen molar-refractivity contribution in [1.29, 1.82) is 0 Å². The van der Waals surface area contributed by atoms with Crippen LogP contribution in [-0.4, -0.2) is 23.4 Å². The van der Waals surface area contributed by atoms with E-state index in [0.29, 0.717) is 0 Å². The molecule has 4 nitrogen and oxygen atoms in total. The molecule has 0 amide bonds. The van der Waals surface area contributed by atoms with Crippen LogP contribution in [0.15, 0.2) is 30.5 Å². The number of aryl methyl sites for hydroxylation is 2. The lowest BCUT2D eigenvalue weighted by Gasteiger charge is -2.22. The topological polar surface area (TPSA) is 39.1 Å². The predicted molar refractivity (Wildman–Crippen MR) is 81.1 cm³/mol. The molecule has 0 saturated heterocycles. The van der Waals surface area contributed by atoms with Crippen LogP contribution in [0.5, 0.6) is 5.75 Å². The highest BCUT2D eigenvalue weighted by molar-refractivity contribution is 5.40. The van der Waals surface area contributed by atoms with E-state index < -0.39 is 0 Å². The van der Waals surface area contributed by atoms with E-state index in [4.69, 9.17) is 4.74 Å². The summed E-state index contributed by atoms with van der Waals surface area (Å²) in [6.07, 6.45) is 2.78. The molecule has 0 radical (unpaired) electrons. The number of benzene rings is 1. The normalized spacial score (nSPS) is 12.4. The average Bonchev–Trinajstić information content (AvgIpc) is 2.85. The molecule has 0 fully saturated rings. The van der Waals surface area contributed by atoms with Crippen LogP contribution in [0.3, 0.4) is 0 Å². The van der Waals surface area contributed by atoms with Gasteiger partial charge in [0.2, 0.25) is 0 Å². The van der Waals surface area contributed by atoms with Crippen LogP contribution in [0.25, 0.3) is 0 Å². The van der Waals surface area contributed by atoms with Gasteiger partial charge in [0.1, 0.15) is 5.69 Å². The SMILES string of the molecule is CCNC(c1ccccc1CC)c1c(OC)cnn1C. The standard InChI is InChI=1S/C16H23N3O/c1-5-12-9-7-8-10-13(12)15(17-6-2)16-14(20-4)11-18-19(16)3/h7-11,15,17H,5-6H2,1-4H3. The first-order valence-corrected chi connectivity index (χ1v) is 7.09. The molecule has 0 aliphatic heterocycles. The second-order valence-corrected chi connectivity index (χ2v) is 4.76. The minimum Gasteiger partial charge on any atom is -0.493 e. The molecule has 1 aromatic heterocycles. The van der Waals surface area contributed by atoms with Gasteiger partial charge >= 0.3 is 0 Å². The van der Waals surface area contributed by atoms with E-state index in [1.165, 1.54) is 11.1 Å². The van der Waals surface area contributed by atoms with E-state index >= 15 is 0 Å². The number of hydrogen-bond donors (Lipinski definition) is 1. The minimum atomic E-state index is 0.0959. The van der Waals surface area contributed by atoms with Crippen LogP contribution < -0.4 is 10.1 Å².